The minimum absolute atomic E-state index is 0.172. The Morgan fingerprint density at radius 1 is 1.07 bits per heavy atom. The number of fused-ring (bicyclic) bond motifs is 1. The predicted octanol–water partition coefficient (Wildman–Crippen LogP) is 3.50. The molecule has 2 N–H and O–H groups in total. The largest absolute Gasteiger partial charge is 0.483 e. The van der Waals surface area contributed by atoms with Gasteiger partial charge in [-0.25, -0.2) is 0 Å². The Morgan fingerprint density at radius 3 is 2.62 bits per heavy atom. The van der Waals surface area contributed by atoms with Crippen molar-refractivity contribution >= 4 is 46.2 Å². The molecule has 0 spiro atoms. The molecule has 3 aromatic rings. The summed E-state index contributed by atoms with van der Waals surface area (Å²) in [6, 6.07) is 15.4. The fourth-order valence-electron chi connectivity index (χ4n) is 3.24. The Labute approximate surface area is 177 Å². The van der Waals surface area contributed by atoms with Crippen LogP contribution >= 0.6 is 23.5 Å². The first kappa shape index (κ1) is 19.7. The van der Waals surface area contributed by atoms with Crippen molar-refractivity contribution in [3.8, 4) is 5.75 Å². The third-order valence-corrected chi connectivity index (χ3v) is 7.68. The number of para-hydroxylation sites is 2. The highest BCUT2D eigenvalue weighted by Gasteiger charge is 2.22. The van der Waals surface area contributed by atoms with E-state index in [1.54, 1.807) is 6.20 Å². The molecule has 0 saturated carbocycles. The van der Waals surface area contributed by atoms with Crippen LogP contribution in [0.2, 0.25) is 0 Å². The summed E-state index contributed by atoms with van der Waals surface area (Å²) in [6.45, 7) is -0.172. The molecule has 0 atom stereocenters. The third-order valence-electron chi connectivity index (χ3n) is 4.61. The minimum atomic E-state index is -0.417. The number of aryl methyl sites for hydroxylation is 1. The smallest absolute Gasteiger partial charge is 0.276 e. The molecule has 150 valence electrons. The maximum atomic E-state index is 12.5. The van der Waals surface area contributed by atoms with E-state index in [9.17, 15) is 9.59 Å². The quantitative estimate of drug-likeness (QED) is 0.610. The highest BCUT2D eigenvalue weighted by Crippen LogP contribution is 2.48. The van der Waals surface area contributed by atoms with Gasteiger partial charge in [0.15, 0.2) is 6.61 Å². The van der Waals surface area contributed by atoms with Crippen molar-refractivity contribution in [2.75, 3.05) is 18.1 Å². The van der Waals surface area contributed by atoms with E-state index in [-0.39, 0.29) is 12.5 Å². The fourth-order valence-corrected chi connectivity index (χ4v) is 6.15. The molecule has 0 aliphatic carbocycles. The monoisotopic (exact) mass is 427 g/mol. The van der Waals surface area contributed by atoms with Crippen LogP contribution in [-0.2, 0) is 11.8 Å². The van der Waals surface area contributed by atoms with E-state index < -0.39 is 5.91 Å². The first-order valence-electron chi connectivity index (χ1n) is 9.21. The Hall–Kier alpha value is -2.58. The molecular formula is C21H21N3O3S2. The summed E-state index contributed by atoms with van der Waals surface area (Å²) in [6.07, 6.45) is 1.75. The van der Waals surface area contributed by atoms with Gasteiger partial charge in [-0.3, -0.25) is 20.4 Å². The number of hydrazine groups is 1. The number of hydrogen-bond donors (Lipinski definition) is 2. The summed E-state index contributed by atoms with van der Waals surface area (Å²) in [5.74, 6) is 2.15. The lowest BCUT2D eigenvalue weighted by molar-refractivity contribution is -0.123. The van der Waals surface area contributed by atoms with Gasteiger partial charge in [0.1, 0.15) is 5.75 Å². The van der Waals surface area contributed by atoms with Crippen LogP contribution < -0.4 is 15.6 Å². The van der Waals surface area contributed by atoms with Crippen LogP contribution in [0.25, 0.3) is 10.9 Å². The van der Waals surface area contributed by atoms with E-state index >= 15 is 0 Å². The zero-order chi connectivity index (χ0) is 20.2. The van der Waals surface area contributed by atoms with Crippen LogP contribution in [0.5, 0.6) is 5.75 Å². The van der Waals surface area contributed by atoms with Crippen LogP contribution in [0.4, 0.5) is 0 Å². The summed E-state index contributed by atoms with van der Waals surface area (Å²) in [5, 5.41) is 0.832. The van der Waals surface area contributed by atoms with Crippen molar-refractivity contribution < 1.29 is 14.3 Å². The van der Waals surface area contributed by atoms with Crippen LogP contribution in [0.3, 0.4) is 0 Å². The van der Waals surface area contributed by atoms with E-state index in [1.165, 1.54) is 0 Å². The van der Waals surface area contributed by atoms with Crippen molar-refractivity contribution in [1.82, 2.24) is 15.4 Å². The molecule has 29 heavy (non-hydrogen) atoms. The van der Waals surface area contributed by atoms with Gasteiger partial charge in [-0.15, -0.1) is 23.5 Å². The van der Waals surface area contributed by atoms with Gasteiger partial charge in [0.05, 0.1) is 10.1 Å². The van der Waals surface area contributed by atoms with Gasteiger partial charge in [0, 0.05) is 41.2 Å². The molecule has 1 aliphatic rings. The van der Waals surface area contributed by atoms with E-state index in [1.807, 2.05) is 83.7 Å². The van der Waals surface area contributed by atoms with Gasteiger partial charge in [-0.2, -0.15) is 0 Å². The number of benzene rings is 2. The van der Waals surface area contributed by atoms with Gasteiger partial charge in [-0.1, -0.05) is 36.4 Å². The Balaban J connectivity index is 1.34. The molecule has 6 nitrogen and oxygen atoms in total. The summed E-state index contributed by atoms with van der Waals surface area (Å²) in [7, 11) is 1.88. The maximum absolute atomic E-state index is 12.5. The number of hydrogen-bond acceptors (Lipinski definition) is 5. The summed E-state index contributed by atoms with van der Waals surface area (Å²) in [5.41, 5.74) is 7.45. The van der Waals surface area contributed by atoms with Gasteiger partial charge >= 0.3 is 0 Å². The highest BCUT2D eigenvalue weighted by atomic mass is 32.2. The first-order chi connectivity index (χ1) is 14.1. The lowest BCUT2D eigenvalue weighted by Gasteiger charge is -2.15. The normalized spacial score (nSPS) is 14.1. The second kappa shape index (κ2) is 8.84. The molecule has 2 amide bonds. The SMILES string of the molecule is Cn1cc(C(=O)NNC(=O)COc2ccccc2C2SCCS2)c2ccccc21. The standard InChI is InChI=1S/C21H21N3O3S2/c1-24-12-16(14-6-2-4-8-17(14)24)20(26)23-22-19(25)13-27-18-9-5-3-7-15(18)21-28-10-11-29-21/h2-9,12,21H,10-11,13H2,1H3,(H,22,25)(H,23,26). The topological polar surface area (TPSA) is 72.4 Å². The Morgan fingerprint density at radius 2 is 1.79 bits per heavy atom. The minimum Gasteiger partial charge on any atom is -0.483 e. The number of aromatic nitrogens is 1. The van der Waals surface area contributed by atoms with Crippen molar-refractivity contribution in [3.63, 3.8) is 0 Å². The summed E-state index contributed by atoms with van der Waals surface area (Å²) in [4.78, 5) is 24.7. The number of amides is 2. The molecule has 1 aromatic heterocycles. The zero-order valence-corrected chi connectivity index (χ0v) is 17.5. The van der Waals surface area contributed by atoms with Crippen molar-refractivity contribution in [1.29, 1.82) is 0 Å². The predicted molar refractivity (Wildman–Crippen MR) is 118 cm³/mol. The van der Waals surface area contributed by atoms with Crippen LogP contribution in [0.1, 0.15) is 20.5 Å². The summed E-state index contributed by atoms with van der Waals surface area (Å²) >= 11 is 3.76. The van der Waals surface area contributed by atoms with Gasteiger partial charge in [-0.05, 0) is 12.1 Å². The summed E-state index contributed by atoms with van der Waals surface area (Å²) < 4.78 is 7.94. The van der Waals surface area contributed by atoms with E-state index in [0.717, 1.165) is 28.0 Å². The van der Waals surface area contributed by atoms with Crippen molar-refractivity contribution in [2.45, 2.75) is 4.58 Å². The number of thioether (sulfide) groups is 2. The van der Waals surface area contributed by atoms with Gasteiger partial charge in [0.25, 0.3) is 11.8 Å². The number of carbonyl (C=O) groups excluding carboxylic acids is 2. The molecule has 2 aromatic carbocycles. The van der Waals surface area contributed by atoms with Crippen molar-refractivity contribution in [3.05, 3.63) is 65.9 Å². The van der Waals surface area contributed by atoms with E-state index in [4.69, 9.17) is 4.74 Å². The Kier molecular flexibility index (Phi) is 6.01. The average molecular weight is 428 g/mol. The molecular weight excluding hydrogens is 406 g/mol. The number of nitrogens with zero attached hydrogens (tertiary/aromatic N) is 1. The molecule has 0 unspecified atom stereocenters. The molecule has 1 aliphatic heterocycles. The van der Waals surface area contributed by atoms with E-state index in [2.05, 4.69) is 10.9 Å². The fraction of sp³-hybridized carbons (Fsp3) is 0.238. The molecule has 1 saturated heterocycles. The number of rotatable bonds is 5. The van der Waals surface area contributed by atoms with Gasteiger partial charge < -0.3 is 9.30 Å². The van der Waals surface area contributed by atoms with E-state index in [0.29, 0.717) is 15.9 Å². The number of nitrogens with one attached hydrogen (secondary N) is 2. The maximum Gasteiger partial charge on any atom is 0.276 e. The molecule has 1 fully saturated rings. The second-order valence-corrected chi connectivity index (χ2v) is 9.30. The highest BCUT2D eigenvalue weighted by molar-refractivity contribution is 8.19. The number of ether oxygens (including phenoxy) is 1. The average Bonchev–Trinajstić information content (AvgIpc) is 3.39. The second-order valence-electron chi connectivity index (χ2n) is 6.57. The van der Waals surface area contributed by atoms with Gasteiger partial charge in [0.2, 0.25) is 0 Å². The Bertz CT molecular complexity index is 1040. The first-order valence-corrected chi connectivity index (χ1v) is 11.3. The number of carbonyl (C=O) groups is 2. The zero-order valence-electron chi connectivity index (χ0n) is 15.9. The third kappa shape index (κ3) is 4.38. The lowest BCUT2D eigenvalue weighted by Crippen LogP contribution is -2.43. The molecule has 0 radical (unpaired) electrons. The van der Waals surface area contributed by atoms with Crippen LogP contribution in [-0.4, -0.2) is 34.5 Å². The molecule has 4 rings (SSSR count). The van der Waals surface area contributed by atoms with Crippen LogP contribution in [0, 0.1) is 0 Å². The molecule has 2 heterocycles. The molecule has 0 bridgehead atoms. The van der Waals surface area contributed by atoms with Crippen LogP contribution in [0.15, 0.2) is 54.7 Å². The molecule has 8 heteroatoms. The van der Waals surface area contributed by atoms with Crippen molar-refractivity contribution in [2.24, 2.45) is 7.05 Å². The lowest BCUT2D eigenvalue weighted by atomic mass is 10.2.